The molecule has 0 amide bonds. The van der Waals surface area contributed by atoms with Gasteiger partial charge in [0, 0.05) is 23.2 Å². The molecule has 130 valence electrons. The van der Waals surface area contributed by atoms with Crippen molar-refractivity contribution in [3.63, 3.8) is 0 Å². The summed E-state index contributed by atoms with van der Waals surface area (Å²) < 4.78 is 24.4. The quantitative estimate of drug-likeness (QED) is 0.434. The van der Waals surface area contributed by atoms with Gasteiger partial charge in [-0.25, -0.2) is 9.38 Å². The summed E-state index contributed by atoms with van der Waals surface area (Å²) in [5.41, 5.74) is 1.35. The molecule has 1 aromatic rings. The Morgan fingerprint density at radius 1 is 1.35 bits per heavy atom. The van der Waals surface area contributed by atoms with Crippen molar-refractivity contribution in [2.75, 3.05) is 13.3 Å². The second kappa shape index (κ2) is 8.68. The highest BCUT2D eigenvalue weighted by Crippen LogP contribution is 2.29. The number of nitrogens with zero attached hydrogens (tertiary/aromatic N) is 1. The van der Waals surface area contributed by atoms with Gasteiger partial charge in [0.15, 0.2) is 12.8 Å². The van der Waals surface area contributed by atoms with E-state index in [4.69, 9.17) is 9.47 Å². The van der Waals surface area contributed by atoms with Crippen molar-refractivity contribution in [1.29, 1.82) is 0 Å². The molecule has 1 heterocycles. The van der Waals surface area contributed by atoms with Crippen molar-refractivity contribution in [2.24, 2.45) is 4.99 Å². The van der Waals surface area contributed by atoms with Gasteiger partial charge in [-0.05, 0) is 39.8 Å². The third-order valence-corrected chi connectivity index (χ3v) is 3.00. The molecular formula is C16H25FIN3O2. The summed E-state index contributed by atoms with van der Waals surface area (Å²) in [5, 5.41) is 6.49. The number of hydrogen-bond donors (Lipinski definition) is 2. The van der Waals surface area contributed by atoms with E-state index in [2.05, 4.69) is 36.4 Å². The van der Waals surface area contributed by atoms with Gasteiger partial charge in [-0.3, -0.25) is 0 Å². The van der Waals surface area contributed by atoms with Crippen LogP contribution in [-0.2, 0) is 17.9 Å². The van der Waals surface area contributed by atoms with Gasteiger partial charge in [-0.2, -0.15) is 0 Å². The third kappa shape index (κ3) is 6.14. The minimum absolute atomic E-state index is 0. The van der Waals surface area contributed by atoms with Crippen LogP contribution in [0.1, 0.15) is 38.8 Å². The van der Waals surface area contributed by atoms with Gasteiger partial charge in [-0.15, -0.1) is 24.0 Å². The predicted molar refractivity (Wildman–Crippen MR) is 99.8 cm³/mol. The van der Waals surface area contributed by atoms with Gasteiger partial charge in [-0.1, -0.05) is 0 Å². The van der Waals surface area contributed by atoms with E-state index in [9.17, 15) is 4.39 Å². The van der Waals surface area contributed by atoms with E-state index in [1.807, 2.05) is 6.92 Å². The lowest BCUT2D eigenvalue weighted by Crippen LogP contribution is -2.47. The van der Waals surface area contributed by atoms with E-state index >= 15 is 0 Å². The first-order chi connectivity index (χ1) is 10.4. The Bertz CT molecular complexity index is 559. The summed E-state index contributed by atoms with van der Waals surface area (Å²) in [6.45, 7) is 9.84. The summed E-state index contributed by atoms with van der Waals surface area (Å²) in [6.07, 6.45) is 0. The van der Waals surface area contributed by atoms with Crippen LogP contribution in [0.2, 0.25) is 0 Å². The first-order valence-corrected chi connectivity index (χ1v) is 7.47. The SMILES string of the molecule is CCNC(=NCc1cc(F)cc2c1OCOC2)NC(C)(C)C.I. The lowest BCUT2D eigenvalue weighted by molar-refractivity contribution is -0.0172. The molecule has 2 rings (SSSR count). The van der Waals surface area contributed by atoms with Crippen molar-refractivity contribution in [3.8, 4) is 5.75 Å². The molecule has 0 fully saturated rings. The fourth-order valence-electron chi connectivity index (χ4n) is 2.20. The van der Waals surface area contributed by atoms with Crippen molar-refractivity contribution in [2.45, 2.75) is 46.4 Å². The summed E-state index contributed by atoms with van der Waals surface area (Å²) >= 11 is 0. The number of aliphatic imine (C=N–C) groups is 1. The number of halogens is 2. The first kappa shape index (κ1) is 20.0. The highest BCUT2D eigenvalue weighted by atomic mass is 127. The molecule has 7 heteroatoms. The first-order valence-electron chi connectivity index (χ1n) is 7.47. The maximum Gasteiger partial charge on any atom is 0.191 e. The zero-order valence-corrected chi connectivity index (χ0v) is 16.4. The molecule has 1 aliphatic heterocycles. The van der Waals surface area contributed by atoms with Crippen LogP contribution < -0.4 is 15.4 Å². The van der Waals surface area contributed by atoms with E-state index in [0.29, 0.717) is 24.9 Å². The normalized spacial score (nSPS) is 14.4. The third-order valence-electron chi connectivity index (χ3n) is 3.00. The molecule has 1 aromatic carbocycles. The topological polar surface area (TPSA) is 54.9 Å². The van der Waals surface area contributed by atoms with Crippen LogP contribution in [0, 0.1) is 5.82 Å². The van der Waals surface area contributed by atoms with Crippen LogP contribution in [0.15, 0.2) is 17.1 Å². The van der Waals surface area contributed by atoms with E-state index in [1.165, 1.54) is 12.1 Å². The molecule has 0 aliphatic carbocycles. The summed E-state index contributed by atoms with van der Waals surface area (Å²) in [6, 6.07) is 2.91. The van der Waals surface area contributed by atoms with Gasteiger partial charge >= 0.3 is 0 Å². The smallest absolute Gasteiger partial charge is 0.191 e. The van der Waals surface area contributed by atoms with Gasteiger partial charge in [0.05, 0.1) is 13.2 Å². The Kier molecular flexibility index (Phi) is 7.53. The molecule has 0 saturated heterocycles. The Morgan fingerprint density at radius 2 is 2.09 bits per heavy atom. The molecule has 23 heavy (non-hydrogen) atoms. The molecule has 0 aromatic heterocycles. The minimum Gasteiger partial charge on any atom is -0.467 e. The zero-order valence-electron chi connectivity index (χ0n) is 14.0. The van der Waals surface area contributed by atoms with Crippen molar-refractivity contribution in [1.82, 2.24) is 10.6 Å². The molecule has 5 nitrogen and oxygen atoms in total. The van der Waals surface area contributed by atoms with Gasteiger partial charge < -0.3 is 20.1 Å². The molecule has 0 bridgehead atoms. The maximum atomic E-state index is 13.7. The minimum atomic E-state index is -0.299. The number of rotatable bonds is 3. The zero-order chi connectivity index (χ0) is 16.2. The Hall–Kier alpha value is -1.09. The molecule has 0 radical (unpaired) electrons. The highest BCUT2D eigenvalue weighted by Gasteiger charge is 2.17. The molecular weight excluding hydrogens is 412 g/mol. The summed E-state index contributed by atoms with van der Waals surface area (Å²) in [4.78, 5) is 4.53. The largest absolute Gasteiger partial charge is 0.467 e. The van der Waals surface area contributed by atoms with Crippen molar-refractivity contribution < 1.29 is 13.9 Å². The molecule has 0 saturated carbocycles. The number of guanidine groups is 1. The average molecular weight is 437 g/mol. The van der Waals surface area contributed by atoms with Crippen molar-refractivity contribution >= 4 is 29.9 Å². The number of benzene rings is 1. The van der Waals surface area contributed by atoms with E-state index in [0.717, 1.165) is 17.7 Å². The van der Waals surface area contributed by atoms with Gasteiger partial charge in [0.25, 0.3) is 0 Å². The maximum absolute atomic E-state index is 13.7. The average Bonchev–Trinajstić information content (AvgIpc) is 2.43. The number of fused-ring (bicyclic) bond motifs is 1. The Morgan fingerprint density at radius 3 is 2.74 bits per heavy atom. The summed E-state index contributed by atoms with van der Waals surface area (Å²) in [5.74, 6) is 1.08. The molecule has 0 spiro atoms. The second-order valence-electron chi connectivity index (χ2n) is 6.23. The molecule has 1 aliphatic rings. The van der Waals surface area contributed by atoms with Gasteiger partial charge in [0.2, 0.25) is 0 Å². The lowest BCUT2D eigenvalue weighted by atomic mass is 10.1. The fourth-order valence-corrected chi connectivity index (χ4v) is 2.20. The standard InChI is InChI=1S/C16H24FN3O2.HI/c1-5-18-15(20-16(2,3)4)19-8-11-6-13(17)7-12-9-21-10-22-14(11)12;/h6-7H,5,8-10H2,1-4H3,(H2,18,19,20);1H. The fraction of sp³-hybridized carbons (Fsp3) is 0.562. The van der Waals surface area contributed by atoms with Crippen LogP contribution in [0.3, 0.4) is 0 Å². The van der Waals surface area contributed by atoms with Crippen LogP contribution in [-0.4, -0.2) is 24.8 Å². The second-order valence-corrected chi connectivity index (χ2v) is 6.23. The van der Waals surface area contributed by atoms with Gasteiger partial charge in [0.1, 0.15) is 11.6 Å². The van der Waals surface area contributed by atoms with Crippen LogP contribution in [0.25, 0.3) is 0 Å². The monoisotopic (exact) mass is 437 g/mol. The van der Waals surface area contributed by atoms with Crippen LogP contribution in [0.4, 0.5) is 4.39 Å². The van der Waals surface area contributed by atoms with Crippen molar-refractivity contribution in [3.05, 3.63) is 29.1 Å². The molecule has 0 atom stereocenters. The summed E-state index contributed by atoms with van der Waals surface area (Å²) in [7, 11) is 0. The Labute approximate surface area is 154 Å². The number of ether oxygens (including phenoxy) is 2. The highest BCUT2D eigenvalue weighted by molar-refractivity contribution is 14.0. The van der Waals surface area contributed by atoms with E-state index in [1.54, 1.807) is 0 Å². The molecule has 0 unspecified atom stereocenters. The Balaban J connectivity index is 0.00000264. The predicted octanol–water partition coefficient (Wildman–Crippen LogP) is 3.16. The molecule has 2 N–H and O–H groups in total. The van der Waals surface area contributed by atoms with Crippen LogP contribution >= 0.6 is 24.0 Å². The van der Waals surface area contributed by atoms with Crippen LogP contribution in [0.5, 0.6) is 5.75 Å². The van der Waals surface area contributed by atoms with E-state index in [-0.39, 0.29) is 42.1 Å². The lowest BCUT2D eigenvalue weighted by Gasteiger charge is -2.24. The number of nitrogens with one attached hydrogen (secondary N) is 2. The number of hydrogen-bond acceptors (Lipinski definition) is 3. The van der Waals surface area contributed by atoms with E-state index < -0.39 is 0 Å².